The second-order valence-corrected chi connectivity index (χ2v) is 4.36. The fourth-order valence-corrected chi connectivity index (χ4v) is 1.83. The molecule has 1 heterocycles. The first-order chi connectivity index (χ1) is 8.61. The van der Waals surface area contributed by atoms with E-state index in [9.17, 15) is 9.59 Å². The molecule has 1 saturated heterocycles. The number of aryl methyl sites for hydroxylation is 1. The van der Waals surface area contributed by atoms with Crippen molar-refractivity contribution in [1.29, 1.82) is 0 Å². The summed E-state index contributed by atoms with van der Waals surface area (Å²) in [6, 6.07) is 7.45. The number of urea groups is 1. The normalized spacial score (nSPS) is 17.4. The van der Waals surface area contributed by atoms with E-state index < -0.39 is 0 Å². The lowest BCUT2D eigenvalue weighted by atomic mass is 10.1. The highest BCUT2D eigenvalue weighted by molar-refractivity contribution is 6.13. The van der Waals surface area contributed by atoms with Crippen molar-refractivity contribution in [2.45, 2.75) is 20.3 Å². The Balaban J connectivity index is 2.22. The number of nitrogens with zero attached hydrogens (tertiary/aromatic N) is 1. The zero-order valence-corrected chi connectivity index (χ0v) is 10.6. The van der Waals surface area contributed by atoms with Gasteiger partial charge in [0, 0.05) is 6.54 Å². The summed E-state index contributed by atoms with van der Waals surface area (Å²) >= 11 is 0. The number of carbonyl (C=O) groups excluding carboxylic acids is 2. The molecule has 2 rings (SSSR count). The number of nitrogens with one attached hydrogen (secondary N) is 1. The summed E-state index contributed by atoms with van der Waals surface area (Å²) in [6.07, 6.45) is 2.46. The SMILES string of the molecule is CCCN1C(=O)N/C(=C/c2ccc(C)cc2)C1=O. The van der Waals surface area contributed by atoms with Gasteiger partial charge in [-0.25, -0.2) is 4.79 Å². The molecule has 1 aromatic rings. The molecule has 0 bridgehead atoms. The van der Waals surface area contributed by atoms with Crippen LogP contribution in [-0.2, 0) is 4.79 Å². The first-order valence-electron chi connectivity index (χ1n) is 6.03. The molecule has 1 aromatic carbocycles. The lowest BCUT2D eigenvalue weighted by molar-refractivity contribution is -0.122. The number of hydrogen-bond acceptors (Lipinski definition) is 2. The van der Waals surface area contributed by atoms with Crippen molar-refractivity contribution in [3.8, 4) is 0 Å². The standard InChI is InChI=1S/C14H16N2O2/c1-3-8-16-13(17)12(15-14(16)18)9-11-6-4-10(2)5-7-11/h4-7,9H,3,8H2,1-2H3,(H,15,18)/b12-9+. The smallest absolute Gasteiger partial charge is 0.303 e. The molecule has 0 atom stereocenters. The van der Waals surface area contributed by atoms with Gasteiger partial charge in [0.2, 0.25) is 0 Å². The van der Waals surface area contributed by atoms with Crippen LogP contribution in [0.3, 0.4) is 0 Å². The largest absolute Gasteiger partial charge is 0.329 e. The molecule has 0 saturated carbocycles. The third kappa shape index (κ3) is 2.42. The summed E-state index contributed by atoms with van der Waals surface area (Å²) in [4.78, 5) is 24.8. The van der Waals surface area contributed by atoms with E-state index in [4.69, 9.17) is 0 Å². The van der Waals surface area contributed by atoms with Crippen LogP contribution < -0.4 is 5.32 Å². The zero-order chi connectivity index (χ0) is 13.1. The van der Waals surface area contributed by atoms with Gasteiger partial charge in [0.05, 0.1) is 0 Å². The van der Waals surface area contributed by atoms with Gasteiger partial charge < -0.3 is 5.32 Å². The van der Waals surface area contributed by atoms with Gasteiger partial charge in [0.1, 0.15) is 5.70 Å². The molecule has 4 heteroatoms. The molecule has 3 amide bonds. The summed E-state index contributed by atoms with van der Waals surface area (Å²) in [5, 5.41) is 2.60. The summed E-state index contributed by atoms with van der Waals surface area (Å²) in [5.41, 5.74) is 2.41. The Bertz CT molecular complexity index is 503. The van der Waals surface area contributed by atoms with Gasteiger partial charge in [0.15, 0.2) is 0 Å². The van der Waals surface area contributed by atoms with E-state index in [0.717, 1.165) is 17.5 Å². The molecule has 0 aliphatic carbocycles. The molecule has 0 aromatic heterocycles. The van der Waals surface area contributed by atoms with Crippen molar-refractivity contribution in [2.75, 3.05) is 6.54 Å². The Labute approximate surface area is 106 Å². The minimum Gasteiger partial charge on any atom is -0.303 e. The maximum absolute atomic E-state index is 12.0. The van der Waals surface area contributed by atoms with Crippen LogP contribution in [-0.4, -0.2) is 23.4 Å². The summed E-state index contributed by atoms with van der Waals surface area (Å²) in [5.74, 6) is -0.248. The van der Waals surface area contributed by atoms with Gasteiger partial charge >= 0.3 is 6.03 Å². The molecule has 4 nitrogen and oxygen atoms in total. The van der Waals surface area contributed by atoms with E-state index in [-0.39, 0.29) is 11.9 Å². The zero-order valence-electron chi connectivity index (χ0n) is 10.6. The molecule has 0 radical (unpaired) electrons. The summed E-state index contributed by atoms with van der Waals surface area (Å²) < 4.78 is 0. The van der Waals surface area contributed by atoms with E-state index in [2.05, 4.69) is 5.32 Å². The average Bonchev–Trinajstić information content (AvgIpc) is 2.60. The topological polar surface area (TPSA) is 49.4 Å². The molecular weight excluding hydrogens is 228 g/mol. The van der Waals surface area contributed by atoms with Crippen LogP contribution in [0.25, 0.3) is 6.08 Å². The van der Waals surface area contributed by atoms with Crippen molar-refractivity contribution >= 4 is 18.0 Å². The third-order valence-electron chi connectivity index (χ3n) is 2.80. The predicted molar refractivity (Wildman–Crippen MR) is 69.7 cm³/mol. The summed E-state index contributed by atoms with van der Waals surface area (Å²) in [7, 11) is 0. The number of imide groups is 1. The predicted octanol–water partition coefficient (Wildman–Crippen LogP) is 2.30. The molecule has 94 valence electrons. The number of hydrogen-bond donors (Lipinski definition) is 1. The van der Waals surface area contributed by atoms with Crippen molar-refractivity contribution in [3.63, 3.8) is 0 Å². The highest BCUT2D eigenvalue weighted by atomic mass is 16.2. The van der Waals surface area contributed by atoms with Crippen molar-refractivity contribution in [1.82, 2.24) is 10.2 Å². The monoisotopic (exact) mass is 244 g/mol. The van der Waals surface area contributed by atoms with Crippen LogP contribution in [0.2, 0.25) is 0 Å². The van der Waals surface area contributed by atoms with Crippen molar-refractivity contribution in [3.05, 3.63) is 41.1 Å². The van der Waals surface area contributed by atoms with Crippen molar-refractivity contribution in [2.24, 2.45) is 0 Å². The second-order valence-electron chi connectivity index (χ2n) is 4.36. The molecule has 0 unspecified atom stereocenters. The van der Waals surface area contributed by atoms with Crippen LogP contribution in [0.15, 0.2) is 30.0 Å². The van der Waals surface area contributed by atoms with E-state index in [1.54, 1.807) is 6.08 Å². The Morgan fingerprint density at radius 3 is 2.50 bits per heavy atom. The minimum absolute atomic E-state index is 0.248. The average molecular weight is 244 g/mol. The molecular formula is C14H16N2O2. The van der Waals surface area contributed by atoms with Crippen LogP contribution in [0.4, 0.5) is 4.79 Å². The minimum atomic E-state index is -0.333. The molecule has 18 heavy (non-hydrogen) atoms. The van der Waals surface area contributed by atoms with Gasteiger partial charge in [-0.3, -0.25) is 9.69 Å². The molecule has 1 aliphatic heterocycles. The third-order valence-corrected chi connectivity index (χ3v) is 2.80. The van der Waals surface area contributed by atoms with Crippen LogP contribution in [0.1, 0.15) is 24.5 Å². The lowest BCUT2D eigenvalue weighted by Crippen LogP contribution is -2.31. The molecule has 1 N–H and O–H groups in total. The van der Waals surface area contributed by atoms with Crippen LogP contribution >= 0.6 is 0 Å². The number of benzene rings is 1. The fourth-order valence-electron chi connectivity index (χ4n) is 1.83. The Kier molecular flexibility index (Phi) is 3.46. The van der Waals surface area contributed by atoms with Gasteiger partial charge in [-0.2, -0.15) is 0 Å². The van der Waals surface area contributed by atoms with Gasteiger partial charge in [0.25, 0.3) is 5.91 Å². The number of carbonyl (C=O) groups is 2. The van der Waals surface area contributed by atoms with E-state index in [1.165, 1.54) is 4.90 Å². The highest BCUT2D eigenvalue weighted by Gasteiger charge is 2.32. The van der Waals surface area contributed by atoms with E-state index in [1.807, 2.05) is 38.1 Å². The first-order valence-corrected chi connectivity index (χ1v) is 6.03. The quantitative estimate of drug-likeness (QED) is 0.655. The Morgan fingerprint density at radius 2 is 1.89 bits per heavy atom. The van der Waals surface area contributed by atoms with E-state index in [0.29, 0.717) is 12.2 Å². The maximum Gasteiger partial charge on any atom is 0.329 e. The second kappa shape index (κ2) is 5.04. The number of rotatable bonds is 3. The fraction of sp³-hybridized carbons (Fsp3) is 0.286. The highest BCUT2D eigenvalue weighted by Crippen LogP contribution is 2.14. The Hall–Kier alpha value is -2.10. The molecule has 0 spiro atoms. The molecule has 1 fully saturated rings. The molecule has 1 aliphatic rings. The van der Waals surface area contributed by atoms with Crippen LogP contribution in [0, 0.1) is 6.92 Å². The first kappa shape index (κ1) is 12.4. The van der Waals surface area contributed by atoms with E-state index >= 15 is 0 Å². The van der Waals surface area contributed by atoms with Crippen LogP contribution in [0.5, 0.6) is 0 Å². The summed E-state index contributed by atoms with van der Waals surface area (Å²) in [6.45, 7) is 4.39. The lowest BCUT2D eigenvalue weighted by Gasteiger charge is -2.08. The number of amides is 3. The van der Waals surface area contributed by atoms with Gasteiger partial charge in [-0.05, 0) is 25.0 Å². The maximum atomic E-state index is 12.0. The van der Waals surface area contributed by atoms with Gasteiger partial charge in [-0.15, -0.1) is 0 Å². The van der Waals surface area contributed by atoms with Gasteiger partial charge in [-0.1, -0.05) is 36.8 Å². The van der Waals surface area contributed by atoms with Crippen molar-refractivity contribution < 1.29 is 9.59 Å². The Morgan fingerprint density at radius 1 is 1.22 bits per heavy atom.